The van der Waals surface area contributed by atoms with Gasteiger partial charge in [-0.15, -0.1) is 0 Å². The number of aromatic nitrogens is 1. The molecule has 0 saturated heterocycles. The van der Waals surface area contributed by atoms with Crippen LogP contribution in [0.5, 0.6) is 0 Å². The van der Waals surface area contributed by atoms with Crippen molar-refractivity contribution in [2.24, 2.45) is 0 Å². The molecule has 0 spiro atoms. The fourth-order valence-corrected chi connectivity index (χ4v) is 3.22. The maximum atomic E-state index is 12.3. The van der Waals surface area contributed by atoms with Crippen LogP contribution in [0.4, 0.5) is 5.69 Å². The first-order valence-electron chi connectivity index (χ1n) is 6.64. The molecule has 0 aliphatic rings. The summed E-state index contributed by atoms with van der Waals surface area (Å²) < 4.78 is 27.1. The van der Waals surface area contributed by atoms with Crippen LogP contribution in [0.15, 0.2) is 64.4 Å². The molecule has 23 heavy (non-hydrogen) atoms. The molecule has 7 heteroatoms. The minimum atomic E-state index is -3.79. The zero-order valence-corrected chi connectivity index (χ0v) is 12.6. The first-order valence-corrected chi connectivity index (χ1v) is 8.12. The minimum Gasteiger partial charge on any atom is -0.329 e. The second kappa shape index (κ2) is 5.59. The molecule has 2 N–H and O–H groups in total. The Bertz CT molecular complexity index is 1080. The van der Waals surface area contributed by atoms with E-state index in [0.29, 0.717) is 16.6 Å². The molecule has 3 aromatic rings. The Morgan fingerprint density at radius 3 is 2.48 bits per heavy atom. The normalized spacial score (nSPS) is 11.1. The van der Waals surface area contributed by atoms with Crippen molar-refractivity contribution in [1.29, 1.82) is 5.26 Å². The Kier molecular flexibility index (Phi) is 3.60. The molecule has 2 aromatic carbocycles. The highest BCUT2D eigenvalue weighted by molar-refractivity contribution is 7.92. The molecular weight excluding hydrogens is 314 g/mol. The molecule has 0 amide bonds. The molecule has 0 unspecified atom stereocenters. The smallest absolute Gasteiger partial charge is 0.261 e. The van der Waals surface area contributed by atoms with E-state index in [1.165, 1.54) is 36.5 Å². The molecule has 0 atom stereocenters. The highest BCUT2D eigenvalue weighted by atomic mass is 32.2. The number of anilines is 1. The SMILES string of the molecule is N#Cc1ccc(S(=O)(=O)Nc2ccc3cc[nH]c(=O)c3c2)cc1. The number of aromatic amines is 1. The van der Waals surface area contributed by atoms with Gasteiger partial charge in [-0.25, -0.2) is 8.42 Å². The topological polar surface area (TPSA) is 103 Å². The zero-order valence-electron chi connectivity index (χ0n) is 11.8. The summed E-state index contributed by atoms with van der Waals surface area (Å²) in [5.41, 5.74) is 0.377. The minimum absolute atomic E-state index is 0.0403. The molecule has 6 nitrogen and oxygen atoms in total. The Morgan fingerprint density at radius 2 is 1.78 bits per heavy atom. The second-order valence-electron chi connectivity index (χ2n) is 4.85. The fourth-order valence-electron chi connectivity index (χ4n) is 2.17. The van der Waals surface area contributed by atoms with Crippen molar-refractivity contribution in [2.45, 2.75) is 4.90 Å². The van der Waals surface area contributed by atoms with E-state index in [4.69, 9.17) is 5.26 Å². The van der Waals surface area contributed by atoms with Crippen molar-refractivity contribution in [3.63, 3.8) is 0 Å². The van der Waals surface area contributed by atoms with Gasteiger partial charge in [0.15, 0.2) is 0 Å². The van der Waals surface area contributed by atoms with E-state index in [0.717, 1.165) is 5.39 Å². The van der Waals surface area contributed by atoms with Crippen LogP contribution in [-0.4, -0.2) is 13.4 Å². The summed E-state index contributed by atoms with van der Waals surface area (Å²) in [5.74, 6) is 0. The van der Waals surface area contributed by atoms with Crippen molar-refractivity contribution in [3.05, 3.63) is 70.6 Å². The highest BCUT2D eigenvalue weighted by Gasteiger charge is 2.14. The number of hydrogen-bond acceptors (Lipinski definition) is 4. The lowest BCUT2D eigenvalue weighted by atomic mass is 10.1. The number of rotatable bonds is 3. The van der Waals surface area contributed by atoms with Crippen LogP contribution in [0.25, 0.3) is 10.8 Å². The average Bonchev–Trinajstić information content (AvgIpc) is 2.55. The Labute approximate surface area is 132 Å². The van der Waals surface area contributed by atoms with Gasteiger partial charge in [0.05, 0.1) is 16.5 Å². The Balaban J connectivity index is 1.98. The molecule has 0 saturated carbocycles. The maximum Gasteiger partial charge on any atom is 0.261 e. The number of nitrogens with zero attached hydrogens (tertiary/aromatic N) is 1. The average molecular weight is 325 g/mol. The number of nitriles is 1. The van der Waals surface area contributed by atoms with Gasteiger partial charge in [-0.1, -0.05) is 6.07 Å². The summed E-state index contributed by atoms with van der Waals surface area (Å²) >= 11 is 0. The van der Waals surface area contributed by atoms with Gasteiger partial charge in [-0.2, -0.15) is 5.26 Å². The lowest BCUT2D eigenvalue weighted by molar-refractivity contribution is 0.601. The molecule has 0 aliphatic carbocycles. The summed E-state index contributed by atoms with van der Waals surface area (Å²) in [5, 5.41) is 9.86. The predicted molar refractivity (Wildman–Crippen MR) is 86.5 cm³/mol. The quantitative estimate of drug-likeness (QED) is 0.770. The first-order chi connectivity index (χ1) is 11.0. The van der Waals surface area contributed by atoms with E-state index < -0.39 is 10.0 Å². The third-order valence-corrected chi connectivity index (χ3v) is 4.72. The third kappa shape index (κ3) is 2.93. The first kappa shape index (κ1) is 14.8. The molecule has 1 aromatic heterocycles. The molecule has 1 heterocycles. The van der Waals surface area contributed by atoms with Gasteiger partial charge in [0, 0.05) is 17.3 Å². The van der Waals surface area contributed by atoms with Crippen molar-refractivity contribution in [2.75, 3.05) is 4.72 Å². The lowest BCUT2D eigenvalue weighted by Gasteiger charge is -2.09. The van der Waals surface area contributed by atoms with Gasteiger partial charge in [0.1, 0.15) is 0 Å². The Hall–Kier alpha value is -3.11. The fraction of sp³-hybridized carbons (Fsp3) is 0. The van der Waals surface area contributed by atoms with Crippen molar-refractivity contribution in [3.8, 4) is 6.07 Å². The molecular formula is C16H11N3O3S. The molecule has 114 valence electrons. The molecule has 0 fully saturated rings. The Morgan fingerprint density at radius 1 is 1.04 bits per heavy atom. The second-order valence-corrected chi connectivity index (χ2v) is 6.53. The lowest BCUT2D eigenvalue weighted by Crippen LogP contribution is -2.13. The van der Waals surface area contributed by atoms with E-state index in [-0.39, 0.29) is 10.5 Å². The van der Waals surface area contributed by atoms with Crippen molar-refractivity contribution < 1.29 is 8.42 Å². The van der Waals surface area contributed by atoms with Crippen LogP contribution in [0.2, 0.25) is 0 Å². The van der Waals surface area contributed by atoms with E-state index >= 15 is 0 Å². The van der Waals surface area contributed by atoms with Gasteiger partial charge in [-0.05, 0) is 47.9 Å². The number of benzene rings is 2. The number of pyridine rings is 1. The van der Waals surface area contributed by atoms with Gasteiger partial charge >= 0.3 is 0 Å². The number of hydrogen-bond donors (Lipinski definition) is 2. The molecule has 3 rings (SSSR count). The molecule has 0 aliphatic heterocycles. The van der Waals surface area contributed by atoms with Crippen LogP contribution in [0.1, 0.15) is 5.56 Å². The van der Waals surface area contributed by atoms with Gasteiger partial charge < -0.3 is 4.98 Å². The monoisotopic (exact) mass is 325 g/mol. The number of fused-ring (bicyclic) bond motifs is 1. The van der Waals surface area contributed by atoms with Crippen LogP contribution in [-0.2, 0) is 10.0 Å². The van der Waals surface area contributed by atoms with Gasteiger partial charge in [0.2, 0.25) is 0 Å². The zero-order chi connectivity index (χ0) is 16.4. The van der Waals surface area contributed by atoms with Crippen LogP contribution < -0.4 is 10.3 Å². The van der Waals surface area contributed by atoms with E-state index in [1.54, 1.807) is 18.2 Å². The van der Waals surface area contributed by atoms with E-state index in [1.807, 2.05) is 6.07 Å². The molecule has 0 bridgehead atoms. The summed E-state index contributed by atoms with van der Waals surface area (Å²) in [6.45, 7) is 0. The highest BCUT2D eigenvalue weighted by Crippen LogP contribution is 2.20. The van der Waals surface area contributed by atoms with E-state index in [9.17, 15) is 13.2 Å². The van der Waals surface area contributed by atoms with Gasteiger partial charge in [-0.3, -0.25) is 9.52 Å². The summed E-state index contributed by atoms with van der Waals surface area (Å²) in [6.07, 6.45) is 1.53. The summed E-state index contributed by atoms with van der Waals surface area (Å²) in [7, 11) is -3.79. The van der Waals surface area contributed by atoms with Crippen molar-refractivity contribution >= 4 is 26.5 Å². The predicted octanol–water partition coefficient (Wildman–Crippen LogP) is 2.20. The van der Waals surface area contributed by atoms with Crippen LogP contribution in [0.3, 0.4) is 0 Å². The number of sulfonamides is 1. The standard InChI is InChI=1S/C16H11N3O3S/c17-10-11-1-5-14(6-2-11)23(21,22)19-13-4-3-12-7-8-18-16(20)15(12)9-13/h1-9,19H,(H,18,20). The summed E-state index contributed by atoms with van der Waals surface area (Å²) in [6, 6.07) is 14.0. The van der Waals surface area contributed by atoms with Crippen LogP contribution in [0, 0.1) is 11.3 Å². The molecule has 0 radical (unpaired) electrons. The van der Waals surface area contributed by atoms with E-state index in [2.05, 4.69) is 9.71 Å². The maximum absolute atomic E-state index is 12.3. The van der Waals surface area contributed by atoms with Gasteiger partial charge in [0.25, 0.3) is 15.6 Å². The largest absolute Gasteiger partial charge is 0.329 e. The van der Waals surface area contributed by atoms with Crippen molar-refractivity contribution in [1.82, 2.24) is 4.98 Å². The number of nitrogens with one attached hydrogen (secondary N) is 2. The summed E-state index contributed by atoms with van der Waals surface area (Å²) in [4.78, 5) is 14.4. The third-order valence-electron chi connectivity index (χ3n) is 3.32. The number of H-pyrrole nitrogens is 1. The van der Waals surface area contributed by atoms with Crippen LogP contribution >= 0.6 is 0 Å².